The highest BCUT2D eigenvalue weighted by atomic mass is 32.1. The van der Waals surface area contributed by atoms with E-state index in [9.17, 15) is 4.79 Å². The molecule has 0 saturated carbocycles. The molecule has 0 aliphatic heterocycles. The van der Waals surface area contributed by atoms with Gasteiger partial charge in [-0.3, -0.25) is 9.78 Å². The summed E-state index contributed by atoms with van der Waals surface area (Å²) in [4.78, 5) is 21.7. The molecular formula is C17H15N3OS. The number of hydrogen-bond acceptors (Lipinski definition) is 4. The number of carbonyl (C=O) groups excluding carboxylic acids is 1. The highest BCUT2D eigenvalue weighted by Gasteiger charge is 2.16. The Morgan fingerprint density at radius 2 is 1.95 bits per heavy atom. The molecule has 2 heterocycles. The summed E-state index contributed by atoms with van der Waals surface area (Å²) in [6, 6.07) is 11.5. The van der Waals surface area contributed by atoms with Crippen LogP contribution in [0.25, 0.3) is 10.6 Å². The number of hydrogen-bond donors (Lipinski definition) is 1. The largest absolute Gasteiger partial charge is 0.321 e. The summed E-state index contributed by atoms with van der Waals surface area (Å²) in [6.07, 6.45) is 3.47. The van der Waals surface area contributed by atoms with Gasteiger partial charge in [0.15, 0.2) is 0 Å². The zero-order valence-corrected chi connectivity index (χ0v) is 13.1. The van der Waals surface area contributed by atoms with E-state index in [1.165, 1.54) is 11.3 Å². The van der Waals surface area contributed by atoms with Crippen molar-refractivity contribution in [1.82, 2.24) is 9.97 Å². The van der Waals surface area contributed by atoms with Crippen LogP contribution >= 0.6 is 11.3 Å². The first-order valence-electron chi connectivity index (χ1n) is 6.90. The Labute approximate surface area is 132 Å². The average molecular weight is 309 g/mol. The number of rotatable bonds is 3. The molecule has 0 atom stereocenters. The van der Waals surface area contributed by atoms with Crippen molar-refractivity contribution in [3.63, 3.8) is 0 Å². The molecule has 0 unspecified atom stereocenters. The second-order valence-corrected chi connectivity index (χ2v) is 5.94. The summed E-state index contributed by atoms with van der Waals surface area (Å²) in [5.41, 5.74) is 3.51. The highest BCUT2D eigenvalue weighted by molar-refractivity contribution is 7.17. The van der Waals surface area contributed by atoms with E-state index in [1.54, 1.807) is 12.4 Å². The van der Waals surface area contributed by atoms with Gasteiger partial charge in [0.05, 0.1) is 5.69 Å². The molecule has 1 amide bonds. The lowest BCUT2D eigenvalue weighted by Crippen LogP contribution is -2.12. The second kappa shape index (κ2) is 6.07. The van der Waals surface area contributed by atoms with Crippen LogP contribution in [0.3, 0.4) is 0 Å². The van der Waals surface area contributed by atoms with Crippen LogP contribution in [0, 0.1) is 13.8 Å². The molecule has 0 spiro atoms. The maximum absolute atomic E-state index is 12.5. The molecule has 0 aliphatic carbocycles. The van der Waals surface area contributed by atoms with Gasteiger partial charge in [0.1, 0.15) is 9.88 Å². The third-order valence-electron chi connectivity index (χ3n) is 3.30. The third kappa shape index (κ3) is 2.89. The number of carbonyl (C=O) groups is 1. The molecule has 1 N–H and O–H groups in total. The Bertz CT molecular complexity index is 812. The number of benzene rings is 1. The molecule has 3 rings (SSSR count). The minimum atomic E-state index is -0.126. The van der Waals surface area contributed by atoms with Crippen molar-refractivity contribution in [3.8, 4) is 10.6 Å². The van der Waals surface area contributed by atoms with Gasteiger partial charge in [-0.2, -0.15) is 0 Å². The van der Waals surface area contributed by atoms with Gasteiger partial charge in [-0.15, -0.1) is 11.3 Å². The normalized spacial score (nSPS) is 10.5. The first-order chi connectivity index (χ1) is 10.6. The van der Waals surface area contributed by atoms with Crippen LogP contribution in [0.15, 0.2) is 48.8 Å². The smallest absolute Gasteiger partial charge is 0.267 e. The van der Waals surface area contributed by atoms with E-state index in [2.05, 4.69) is 15.3 Å². The highest BCUT2D eigenvalue weighted by Crippen LogP contribution is 2.28. The summed E-state index contributed by atoms with van der Waals surface area (Å²) < 4.78 is 0. The predicted octanol–water partition coefficient (Wildman–Crippen LogP) is 4.07. The number of nitrogens with zero attached hydrogens (tertiary/aromatic N) is 2. The predicted molar refractivity (Wildman–Crippen MR) is 89.2 cm³/mol. The number of nitrogens with one attached hydrogen (secondary N) is 1. The van der Waals surface area contributed by atoms with Gasteiger partial charge in [0.25, 0.3) is 5.91 Å². The van der Waals surface area contributed by atoms with Crippen LogP contribution in [-0.4, -0.2) is 15.9 Å². The number of para-hydroxylation sites is 1. The van der Waals surface area contributed by atoms with Crippen molar-refractivity contribution < 1.29 is 4.79 Å². The minimum absolute atomic E-state index is 0.126. The quantitative estimate of drug-likeness (QED) is 0.793. The standard InChI is InChI=1S/C17H15N3OS/c1-11-6-3-4-8-14(11)20-16(21)15-12(2)19-17(22-15)13-7-5-9-18-10-13/h3-10H,1-2H3,(H,20,21). The minimum Gasteiger partial charge on any atom is -0.321 e. The lowest BCUT2D eigenvalue weighted by atomic mass is 10.2. The molecule has 1 aromatic carbocycles. The fourth-order valence-electron chi connectivity index (χ4n) is 2.11. The summed E-state index contributed by atoms with van der Waals surface area (Å²) >= 11 is 1.38. The second-order valence-electron chi connectivity index (χ2n) is 4.94. The van der Waals surface area contributed by atoms with Crippen molar-refractivity contribution in [1.29, 1.82) is 0 Å². The summed E-state index contributed by atoms with van der Waals surface area (Å²) in [5, 5.41) is 3.75. The Hall–Kier alpha value is -2.53. The van der Waals surface area contributed by atoms with Crippen molar-refractivity contribution in [2.24, 2.45) is 0 Å². The summed E-state index contributed by atoms with van der Waals surface area (Å²) in [7, 11) is 0. The van der Waals surface area contributed by atoms with E-state index in [-0.39, 0.29) is 5.91 Å². The van der Waals surface area contributed by atoms with Gasteiger partial charge < -0.3 is 5.32 Å². The number of amides is 1. The molecule has 110 valence electrons. The number of aryl methyl sites for hydroxylation is 2. The third-order valence-corrected chi connectivity index (χ3v) is 4.51. The number of anilines is 1. The van der Waals surface area contributed by atoms with E-state index in [0.717, 1.165) is 27.5 Å². The van der Waals surface area contributed by atoms with Crippen LogP contribution < -0.4 is 5.32 Å². The molecule has 0 radical (unpaired) electrons. The van der Waals surface area contributed by atoms with Crippen molar-refractivity contribution in [2.75, 3.05) is 5.32 Å². The van der Waals surface area contributed by atoms with E-state index in [0.29, 0.717) is 4.88 Å². The van der Waals surface area contributed by atoms with Crippen LogP contribution in [0.1, 0.15) is 20.9 Å². The Kier molecular flexibility index (Phi) is 3.98. The first kappa shape index (κ1) is 14.4. The number of pyridine rings is 1. The Balaban J connectivity index is 1.88. The summed E-state index contributed by atoms with van der Waals surface area (Å²) in [6.45, 7) is 3.82. The number of thiazole rings is 1. The van der Waals surface area contributed by atoms with Gasteiger partial charge >= 0.3 is 0 Å². The van der Waals surface area contributed by atoms with Crippen molar-refractivity contribution in [2.45, 2.75) is 13.8 Å². The van der Waals surface area contributed by atoms with Crippen molar-refractivity contribution >= 4 is 22.9 Å². The molecule has 3 aromatic rings. The fraction of sp³-hybridized carbons (Fsp3) is 0.118. The van der Waals surface area contributed by atoms with E-state index < -0.39 is 0 Å². The van der Waals surface area contributed by atoms with Gasteiger partial charge in [-0.1, -0.05) is 18.2 Å². The first-order valence-corrected chi connectivity index (χ1v) is 7.71. The maximum Gasteiger partial charge on any atom is 0.267 e. The van der Waals surface area contributed by atoms with Gasteiger partial charge in [0, 0.05) is 23.6 Å². The SMILES string of the molecule is Cc1ccccc1NC(=O)c1sc(-c2cccnc2)nc1C. The molecule has 22 heavy (non-hydrogen) atoms. The monoisotopic (exact) mass is 309 g/mol. The molecule has 0 bridgehead atoms. The lowest BCUT2D eigenvalue weighted by Gasteiger charge is -2.06. The Morgan fingerprint density at radius 3 is 2.68 bits per heavy atom. The van der Waals surface area contributed by atoms with Crippen LogP contribution in [-0.2, 0) is 0 Å². The Morgan fingerprint density at radius 1 is 1.14 bits per heavy atom. The molecule has 0 aliphatic rings. The molecule has 4 nitrogen and oxygen atoms in total. The van der Waals surface area contributed by atoms with E-state index in [1.807, 2.05) is 50.2 Å². The molecule has 0 saturated heterocycles. The maximum atomic E-state index is 12.5. The van der Waals surface area contributed by atoms with Crippen LogP contribution in [0.2, 0.25) is 0 Å². The average Bonchev–Trinajstić information content (AvgIpc) is 2.92. The van der Waals surface area contributed by atoms with Crippen molar-refractivity contribution in [3.05, 3.63) is 64.9 Å². The fourth-order valence-corrected chi connectivity index (χ4v) is 3.06. The van der Waals surface area contributed by atoms with Gasteiger partial charge in [-0.05, 0) is 37.6 Å². The number of aromatic nitrogens is 2. The van der Waals surface area contributed by atoms with Crippen LogP contribution in [0.5, 0.6) is 0 Å². The molecule has 5 heteroatoms. The topological polar surface area (TPSA) is 54.9 Å². The zero-order valence-electron chi connectivity index (χ0n) is 12.3. The molecular weight excluding hydrogens is 294 g/mol. The van der Waals surface area contributed by atoms with E-state index >= 15 is 0 Å². The molecule has 2 aromatic heterocycles. The van der Waals surface area contributed by atoms with Gasteiger partial charge in [-0.25, -0.2) is 4.98 Å². The molecule has 0 fully saturated rings. The van der Waals surface area contributed by atoms with E-state index in [4.69, 9.17) is 0 Å². The lowest BCUT2D eigenvalue weighted by molar-refractivity contribution is 0.102. The summed E-state index contributed by atoms with van der Waals surface area (Å²) in [5.74, 6) is -0.126. The van der Waals surface area contributed by atoms with Gasteiger partial charge in [0.2, 0.25) is 0 Å². The van der Waals surface area contributed by atoms with Crippen LogP contribution in [0.4, 0.5) is 5.69 Å². The zero-order chi connectivity index (χ0) is 15.5.